The average molecular weight is 942 g/mol. The molecule has 6 atom stereocenters. The average Bonchev–Trinajstić information content (AvgIpc) is 3.61. The number of carbonyl (C=O) groups excluding carboxylic acids is 6. The lowest BCUT2D eigenvalue weighted by atomic mass is 9.54. The van der Waals surface area contributed by atoms with E-state index in [9.17, 15) is 28.8 Å². The summed E-state index contributed by atoms with van der Waals surface area (Å²) in [5.41, 5.74) is -1.62. The highest BCUT2D eigenvalue weighted by molar-refractivity contribution is 5.85. The van der Waals surface area contributed by atoms with E-state index in [1.165, 1.54) is 7.11 Å². The number of hydrogen-bond donors (Lipinski definition) is 2. The van der Waals surface area contributed by atoms with Crippen LogP contribution in [0.5, 0.6) is 11.5 Å². The Hall–Kier alpha value is -6.62. The Labute approximate surface area is 397 Å². The molecule has 0 radical (unpaired) electrons. The van der Waals surface area contributed by atoms with Gasteiger partial charge in [-0.05, 0) is 86.2 Å². The van der Waals surface area contributed by atoms with Crippen LogP contribution >= 0.6 is 0 Å². The number of rotatable bonds is 17. The summed E-state index contributed by atoms with van der Waals surface area (Å²) in [5.74, 6) is -1.55. The standard InChI is InChI=1S/C51H63N3O14/c1-11-54(9)36-30-33-22-23-34(61-10)42-39(33)50(8)43(63-42)35(62-37(55)25-28-52-44(57)40(31-18-14-12-15-19-31)64-46(59)67-48(2,3)4)24-27-51(36,50)66-38(56)26-29-53-45(58)41(32-20-16-13-17-21-32)65-47(60)68-49(5,6)7/h12-24,36,40-41,43H,11,25-30H2,1-10H3,(H,52,57)(H,53,58)/t36-,40+,41+,43+,50+,51-/m1/s1. The molecule has 0 spiro atoms. The van der Waals surface area contributed by atoms with Crippen LogP contribution in [0.3, 0.4) is 0 Å². The minimum atomic E-state index is -1.35. The third-order valence-electron chi connectivity index (χ3n) is 12.1. The lowest BCUT2D eigenvalue weighted by molar-refractivity contribution is -0.191. The molecule has 0 aromatic heterocycles. The molecule has 0 unspecified atom stereocenters. The Balaban J connectivity index is 1.20. The zero-order valence-electron chi connectivity index (χ0n) is 40.4. The number of likely N-dealkylation sites (N-methyl/N-ethyl adjacent to an activating group) is 1. The molecule has 3 aliphatic rings. The SMILES string of the molecule is CCN(C)[C@@H]1Cc2ccc(OC)c3c2[C@@]2(C)[C@@H](O3)C(OC(=O)CCNC(=O)[C@@H](OC(=O)OC(C)(C)C)c3ccccc3)=CC[C@@]12OC(=O)CCNC(=O)[C@@H](OC(=O)OC(C)(C)C)c1ccccc1. The predicted octanol–water partition coefficient (Wildman–Crippen LogP) is 7.10. The summed E-state index contributed by atoms with van der Waals surface area (Å²) in [6.07, 6.45) is -3.93. The quantitative estimate of drug-likeness (QED) is 0.102. The van der Waals surface area contributed by atoms with E-state index < -0.39 is 76.6 Å². The van der Waals surface area contributed by atoms with Gasteiger partial charge in [0.05, 0.1) is 31.4 Å². The summed E-state index contributed by atoms with van der Waals surface area (Å²) in [4.78, 5) is 82.3. The number of carbonyl (C=O) groups is 6. The normalized spacial score (nSPS) is 21.1. The smallest absolute Gasteiger partial charge is 0.493 e. The lowest BCUT2D eigenvalue weighted by Gasteiger charge is -2.58. The van der Waals surface area contributed by atoms with E-state index in [4.69, 9.17) is 37.9 Å². The molecular formula is C51H63N3O14. The number of esters is 2. The highest BCUT2D eigenvalue weighted by Gasteiger charge is 2.71. The van der Waals surface area contributed by atoms with Gasteiger partial charge >= 0.3 is 24.2 Å². The second-order valence-corrected chi connectivity index (χ2v) is 19.1. The van der Waals surface area contributed by atoms with Crippen LogP contribution in [0.15, 0.2) is 84.6 Å². The zero-order chi connectivity index (χ0) is 49.6. The third-order valence-corrected chi connectivity index (χ3v) is 12.1. The van der Waals surface area contributed by atoms with Crippen LogP contribution in [-0.2, 0) is 59.4 Å². The maximum Gasteiger partial charge on any atom is 0.509 e. The Morgan fingerprint density at radius 1 is 0.765 bits per heavy atom. The van der Waals surface area contributed by atoms with Gasteiger partial charge in [0, 0.05) is 36.2 Å². The van der Waals surface area contributed by atoms with E-state index in [2.05, 4.69) is 15.5 Å². The lowest BCUT2D eigenvalue weighted by Crippen LogP contribution is -2.71. The molecule has 3 aromatic rings. The van der Waals surface area contributed by atoms with Gasteiger partial charge in [0.2, 0.25) is 12.2 Å². The molecule has 0 bridgehead atoms. The van der Waals surface area contributed by atoms with Gasteiger partial charge in [-0.2, -0.15) is 0 Å². The largest absolute Gasteiger partial charge is 0.509 e. The van der Waals surface area contributed by atoms with Crippen LogP contribution in [0, 0.1) is 0 Å². The molecule has 2 N–H and O–H groups in total. The molecule has 0 saturated carbocycles. The highest BCUT2D eigenvalue weighted by Crippen LogP contribution is 2.63. The fourth-order valence-corrected chi connectivity index (χ4v) is 8.97. The van der Waals surface area contributed by atoms with Gasteiger partial charge in [-0.1, -0.05) is 73.7 Å². The van der Waals surface area contributed by atoms with Gasteiger partial charge in [-0.25, -0.2) is 9.59 Å². The van der Waals surface area contributed by atoms with Crippen LogP contribution in [-0.4, -0.2) is 104 Å². The molecule has 2 amide bonds. The van der Waals surface area contributed by atoms with Crippen LogP contribution in [0.1, 0.15) is 109 Å². The molecule has 366 valence electrons. The third kappa shape index (κ3) is 11.2. The second-order valence-electron chi connectivity index (χ2n) is 19.1. The first-order chi connectivity index (χ1) is 32.1. The number of hydrogen-bond acceptors (Lipinski definition) is 15. The molecule has 6 rings (SSSR count). The first-order valence-electron chi connectivity index (χ1n) is 22.7. The van der Waals surface area contributed by atoms with Gasteiger partial charge in [0.1, 0.15) is 22.6 Å². The monoisotopic (exact) mass is 941 g/mol. The number of benzene rings is 3. The fourth-order valence-electron chi connectivity index (χ4n) is 8.97. The molecule has 0 saturated heterocycles. The van der Waals surface area contributed by atoms with Crippen LogP contribution in [0.25, 0.3) is 0 Å². The van der Waals surface area contributed by atoms with Crippen molar-refractivity contribution in [3.63, 3.8) is 0 Å². The molecule has 17 heteroatoms. The van der Waals surface area contributed by atoms with E-state index in [-0.39, 0.29) is 44.2 Å². The summed E-state index contributed by atoms with van der Waals surface area (Å²) in [5, 5.41) is 5.40. The minimum absolute atomic E-state index is 0.118. The van der Waals surface area contributed by atoms with Crippen molar-refractivity contribution in [3.05, 3.63) is 107 Å². The van der Waals surface area contributed by atoms with E-state index >= 15 is 0 Å². The van der Waals surface area contributed by atoms with Crippen molar-refractivity contribution in [1.29, 1.82) is 0 Å². The van der Waals surface area contributed by atoms with Gasteiger partial charge in [0.15, 0.2) is 17.6 Å². The maximum absolute atomic E-state index is 14.2. The molecule has 3 aromatic carbocycles. The molecule has 17 nitrogen and oxygen atoms in total. The summed E-state index contributed by atoms with van der Waals surface area (Å²) in [6, 6.07) is 20.3. The van der Waals surface area contributed by atoms with E-state index in [1.54, 1.807) is 108 Å². The highest BCUT2D eigenvalue weighted by atomic mass is 16.7. The van der Waals surface area contributed by atoms with E-state index in [1.807, 2.05) is 33.0 Å². The number of ether oxygens (including phenoxy) is 8. The summed E-state index contributed by atoms with van der Waals surface area (Å²) >= 11 is 0. The second kappa shape index (κ2) is 20.7. The predicted molar refractivity (Wildman–Crippen MR) is 246 cm³/mol. The molecule has 68 heavy (non-hydrogen) atoms. The fraction of sp³-hybridized carbons (Fsp3) is 0.490. The first-order valence-corrected chi connectivity index (χ1v) is 22.7. The van der Waals surface area contributed by atoms with E-state index in [0.29, 0.717) is 35.6 Å². The van der Waals surface area contributed by atoms with Crippen LogP contribution in [0.2, 0.25) is 0 Å². The van der Waals surface area contributed by atoms with Gasteiger partial charge in [-0.15, -0.1) is 0 Å². The maximum atomic E-state index is 14.2. The van der Waals surface area contributed by atoms with Crippen molar-refractivity contribution >= 4 is 36.1 Å². The van der Waals surface area contributed by atoms with Crippen molar-refractivity contribution in [2.45, 2.75) is 128 Å². The van der Waals surface area contributed by atoms with E-state index in [0.717, 1.165) is 11.1 Å². The van der Waals surface area contributed by atoms with Crippen molar-refractivity contribution in [1.82, 2.24) is 15.5 Å². The molecule has 1 aliphatic heterocycles. The number of methoxy groups -OCH3 is 1. The Bertz CT molecular complexity index is 2380. The topological polar surface area (TPSA) is 204 Å². The Morgan fingerprint density at radius 2 is 1.28 bits per heavy atom. The zero-order valence-corrected chi connectivity index (χ0v) is 40.4. The van der Waals surface area contributed by atoms with Crippen molar-refractivity contribution < 1.29 is 66.7 Å². The minimum Gasteiger partial charge on any atom is -0.493 e. The Kier molecular flexibility index (Phi) is 15.5. The van der Waals surface area contributed by atoms with Gasteiger partial charge in [0.25, 0.3) is 11.8 Å². The van der Waals surface area contributed by atoms with Crippen LogP contribution < -0.4 is 20.1 Å². The number of nitrogens with zero attached hydrogens (tertiary/aromatic N) is 1. The van der Waals surface area contributed by atoms with Crippen molar-refractivity contribution in [3.8, 4) is 11.5 Å². The van der Waals surface area contributed by atoms with Crippen molar-refractivity contribution in [2.75, 3.05) is 33.8 Å². The number of nitrogens with one attached hydrogen (secondary N) is 2. The molecule has 1 heterocycles. The van der Waals surface area contributed by atoms with Crippen molar-refractivity contribution in [2.24, 2.45) is 0 Å². The molecule has 0 fully saturated rings. The summed E-state index contributed by atoms with van der Waals surface area (Å²) in [6.45, 7) is 14.3. The molecule has 2 aliphatic carbocycles. The molecular weight excluding hydrogens is 879 g/mol. The number of amides is 2. The Morgan fingerprint density at radius 3 is 1.76 bits per heavy atom. The summed E-state index contributed by atoms with van der Waals surface area (Å²) < 4.78 is 46.8. The summed E-state index contributed by atoms with van der Waals surface area (Å²) in [7, 11) is 3.48. The first kappa shape index (κ1) is 50.8. The van der Waals surface area contributed by atoms with Crippen LogP contribution in [0.4, 0.5) is 9.59 Å². The van der Waals surface area contributed by atoms with Gasteiger partial charge < -0.3 is 48.5 Å². The van der Waals surface area contributed by atoms with Gasteiger partial charge in [-0.3, -0.25) is 24.1 Å².